The van der Waals surface area contributed by atoms with Gasteiger partial charge in [-0.3, -0.25) is 9.59 Å². The largest absolute Gasteiger partial charge is 0.334 e. The number of carbonyl (C=O) groups is 1. The number of nitrogens with one attached hydrogen (secondary N) is 1. The Morgan fingerprint density at radius 1 is 1.38 bits per heavy atom. The number of nitrogens with zero attached hydrogens (tertiary/aromatic N) is 3. The molecule has 3 rings (SSSR count). The summed E-state index contributed by atoms with van der Waals surface area (Å²) < 4.78 is 1.78. The Labute approximate surface area is 141 Å². The van der Waals surface area contributed by atoms with Crippen LogP contribution in [-0.2, 0) is 4.79 Å². The lowest BCUT2D eigenvalue weighted by Gasteiger charge is -2.25. The van der Waals surface area contributed by atoms with Crippen LogP contribution in [0, 0.1) is 0 Å². The molecule has 0 aromatic carbocycles. The van der Waals surface area contributed by atoms with E-state index in [1.807, 2.05) is 32.6 Å². The van der Waals surface area contributed by atoms with Crippen LogP contribution in [0.15, 0.2) is 23.1 Å². The van der Waals surface area contributed by atoms with Crippen LogP contribution in [0.3, 0.4) is 0 Å². The number of hydrogen-bond acceptors (Lipinski definition) is 3. The van der Waals surface area contributed by atoms with E-state index in [2.05, 4.69) is 10.1 Å². The second kappa shape index (κ2) is 6.26. The molecule has 2 aromatic rings. The summed E-state index contributed by atoms with van der Waals surface area (Å²) >= 11 is 0. The predicted molar refractivity (Wildman–Crippen MR) is 94.8 cm³/mol. The van der Waals surface area contributed by atoms with Gasteiger partial charge in [-0.25, -0.2) is 4.68 Å². The summed E-state index contributed by atoms with van der Waals surface area (Å²) in [6, 6.07) is 2.46. The molecule has 128 valence electrons. The molecule has 0 aliphatic heterocycles. The number of amides is 1. The van der Waals surface area contributed by atoms with Gasteiger partial charge in [0.15, 0.2) is 0 Å². The highest BCUT2D eigenvalue weighted by Gasteiger charge is 2.33. The van der Waals surface area contributed by atoms with Gasteiger partial charge in [-0.15, -0.1) is 0 Å². The van der Waals surface area contributed by atoms with Gasteiger partial charge in [0.05, 0.1) is 6.20 Å². The summed E-state index contributed by atoms with van der Waals surface area (Å²) in [6.07, 6.45) is 6.97. The average Bonchev–Trinajstić information content (AvgIpc) is 3.23. The zero-order valence-corrected chi connectivity index (χ0v) is 14.6. The van der Waals surface area contributed by atoms with E-state index < -0.39 is 0 Å². The maximum Gasteiger partial charge on any atom is 0.256 e. The number of aromatic amines is 1. The lowest BCUT2D eigenvalue weighted by atomic mass is 10.2. The van der Waals surface area contributed by atoms with Gasteiger partial charge in [0.25, 0.3) is 5.56 Å². The summed E-state index contributed by atoms with van der Waals surface area (Å²) in [5.41, 5.74) is 0.968. The quantitative estimate of drug-likeness (QED) is 0.858. The number of aromatic nitrogens is 3. The molecule has 0 atom stereocenters. The van der Waals surface area contributed by atoms with E-state index in [0.717, 1.165) is 18.2 Å². The zero-order valence-electron chi connectivity index (χ0n) is 14.6. The zero-order chi connectivity index (χ0) is 17.4. The van der Waals surface area contributed by atoms with Crippen molar-refractivity contribution in [3.8, 4) is 0 Å². The first kappa shape index (κ1) is 16.5. The van der Waals surface area contributed by atoms with Gasteiger partial charge in [0.1, 0.15) is 5.65 Å². The van der Waals surface area contributed by atoms with Gasteiger partial charge >= 0.3 is 0 Å². The molecular weight excluding hydrogens is 304 g/mol. The molecule has 6 heteroatoms. The minimum Gasteiger partial charge on any atom is -0.334 e. The standard InChI is InChI=1S/C18H24N4O2/c1-11(2)21(15-6-7-15)16(23)8-5-13-9-14-10-19-22(12(3)4)17(14)20-18(13)24/h5,8-12,15H,6-7H2,1-4H3,(H,20,24). The molecule has 0 saturated heterocycles. The van der Waals surface area contributed by atoms with E-state index in [-0.39, 0.29) is 23.6 Å². The second-order valence-corrected chi connectivity index (χ2v) is 6.94. The number of rotatable bonds is 5. The molecule has 0 radical (unpaired) electrons. The normalized spacial score (nSPS) is 15.1. The molecule has 0 bridgehead atoms. The third-order valence-corrected chi connectivity index (χ3v) is 4.27. The van der Waals surface area contributed by atoms with E-state index in [4.69, 9.17) is 0 Å². The molecule has 1 fully saturated rings. The number of fused-ring (bicyclic) bond motifs is 1. The topological polar surface area (TPSA) is 71.0 Å². The molecule has 24 heavy (non-hydrogen) atoms. The van der Waals surface area contributed by atoms with E-state index in [0.29, 0.717) is 17.3 Å². The fraction of sp³-hybridized carbons (Fsp3) is 0.500. The van der Waals surface area contributed by atoms with Crippen LogP contribution >= 0.6 is 0 Å². The number of carbonyl (C=O) groups excluding carboxylic acids is 1. The molecule has 1 N–H and O–H groups in total. The van der Waals surface area contributed by atoms with E-state index >= 15 is 0 Å². The van der Waals surface area contributed by atoms with Crippen molar-refractivity contribution in [1.29, 1.82) is 0 Å². The Morgan fingerprint density at radius 3 is 2.67 bits per heavy atom. The maximum atomic E-state index is 12.4. The van der Waals surface area contributed by atoms with Crippen LogP contribution in [0.2, 0.25) is 0 Å². The summed E-state index contributed by atoms with van der Waals surface area (Å²) in [4.78, 5) is 29.5. The van der Waals surface area contributed by atoms with Crippen LogP contribution in [-0.4, -0.2) is 37.7 Å². The third-order valence-electron chi connectivity index (χ3n) is 4.27. The lowest BCUT2D eigenvalue weighted by molar-refractivity contribution is -0.128. The minimum absolute atomic E-state index is 0.0372. The van der Waals surface area contributed by atoms with Crippen molar-refractivity contribution >= 4 is 23.0 Å². The summed E-state index contributed by atoms with van der Waals surface area (Å²) in [5, 5.41) is 5.16. The SMILES string of the molecule is CC(C)N(C(=O)C=Cc1cc2cnn(C(C)C)c2[nH]c1=O)C1CC1. The molecule has 1 aliphatic rings. The Hall–Kier alpha value is -2.37. The molecular formula is C18H24N4O2. The van der Waals surface area contributed by atoms with Crippen molar-refractivity contribution in [2.45, 2.75) is 58.7 Å². The van der Waals surface area contributed by atoms with E-state index in [1.165, 1.54) is 6.08 Å². The first-order valence-electron chi connectivity index (χ1n) is 8.49. The lowest BCUT2D eigenvalue weighted by Crippen LogP contribution is -2.37. The fourth-order valence-corrected chi connectivity index (χ4v) is 2.99. The molecule has 2 heterocycles. The van der Waals surface area contributed by atoms with Crippen molar-refractivity contribution < 1.29 is 4.79 Å². The minimum atomic E-state index is -0.212. The first-order valence-corrected chi connectivity index (χ1v) is 8.49. The summed E-state index contributed by atoms with van der Waals surface area (Å²) in [5.74, 6) is -0.0372. The summed E-state index contributed by atoms with van der Waals surface area (Å²) in [7, 11) is 0. The molecule has 0 spiro atoms. The molecule has 2 aromatic heterocycles. The van der Waals surface area contributed by atoms with E-state index in [1.54, 1.807) is 23.0 Å². The smallest absolute Gasteiger partial charge is 0.256 e. The summed E-state index contributed by atoms with van der Waals surface area (Å²) in [6.45, 7) is 8.05. The van der Waals surface area contributed by atoms with Gasteiger partial charge in [-0.2, -0.15) is 5.10 Å². The first-order chi connectivity index (χ1) is 11.4. The van der Waals surface area contributed by atoms with Gasteiger partial charge in [0.2, 0.25) is 5.91 Å². The highest BCUT2D eigenvalue weighted by molar-refractivity contribution is 5.92. The Balaban J connectivity index is 1.88. The fourth-order valence-electron chi connectivity index (χ4n) is 2.99. The van der Waals surface area contributed by atoms with E-state index in [9.17, 15) is 9.59 Å². The van der Waals surface area contributed by atoms with Crippen molar-refractivity contribution in [3.05, 3.63) is 34.3 Å². The Morgan fingerprint density at radius 2 is 2.08 bits per heavy atom. The van der Waals surface area contributed by atoms with Crippen LogP contribution in [0.1, 0.15) is 52.1 Å². The maximum absolute atomic E-state index is 12.4. The number of hydrogen-bond donors (Lipinski definition) is 1. The van der Waals surface area contributed by atoms with Gasteiger partial charge in [-0.05, 0) is 52.7 Å². The van der Waals surface area contributed by atoms with Gasteiger partial charge < -0.3 is 9.88 Å². The van der Waals surface area contributed by atoms with Crippen molar-refractivity contribution in [3.63, 3.8) is 0 Å². The Kier molecular flexibility index (Phi) is 4.30. The van der Waals surface area contributed by atoms with Gasteiger partial charge in [-0.1, -0.05) is 0 Å². The van der Waals surface area contributed by atoms with Crippen molar-refractivity contribution in [2.24, 2.45) is 0 Å². The molecule has 1 saturated carbocycles. The van der Waals surface area contributed by atoms with Crippen LogP contribution in [0.5, 0.6) is 0 Å². The molecule has 6 nitrogen and oxygen atoms in total. The average molecular weight is 328 g/mol. The second-order valence-electron chi connectivity index (χ2n) is 6.94. The Bertz CT molecular complexity index is 838. The van der Waals surface area contributed by atoms with Crippen LogP contribution in [0.25, 0.3) is 17.1 Å². The number of pyridine rings is 1. The molecule has 1 amide bonds. The molecule has 0 unspecified atom stereocenters. The third kappa shape index (κ3) is 3.13. The highest BCUT2D eigenvalue weighted by Crippen LogP contribution is 2.28. The van der Waals surface area contributed by atoms with Crippen molar-refractivity contribution in [1.82, 2.24) is 19.7 Å². The molecule has 1 aliphatic carbocycles. The predicted octanol–water partition coefficient (Wildman–Crippen LogP) is 2.72. The van der Waals surface area contributed by atoms with Crippen molar-refractivity contribution in [2.75, 3.05) is 0 Å². The van der Waals surface area contributed by atoms with Crippen LogP contribution < -0.4 is 5.56 Å². The van der Waals surface area contributed by atoms with Crippen LogP contribution in [0.4, 0.5) is 0 Å². The monoisotopic (exact) mass is 328 g/mol. The van der Waals surface area contributed by atoms with Gasteiger partial charge in [0, 0.05) is 35.2 Å². The highest BCUT2D eigenvalue weighted by atomic mass is 16.2. The number of H-pyrrole nitrogens is 1.